The van der Waals surface area contributed by atoms with Crippen molar-refractivity contribution in [1.82, 2.24) is 0 Å². The van der Waals surface area contributed by atoms with Crippen LogP contribution in [0.1, 0.15) is 12.8 Å². The molecule has 2 aliphatic rings. The first-order valence-electron chi connectivity index (χ1n) is 3.04. The number of halogens is 1. The number of hydrogen-bond acceptors (Lipinski definition) is 1. The molecule has 9 heavy (non-hydrogen) atoms. The van der Waals surface area contributed by atoms with Crippen molar-refractivity contribution in [3.8, 4) is 0 Å². The van der Waals surface area contributed by atoms with Gasteiger partial charge in [0.05, 0.1) is 5.41 Å². The van der Waals surface area contributed by atoms with Crippen molar-refractivity contribution < 1.29 is 9.90 Å². The molecule has 0 bridgehead atoms. The van der Waals surface area contributed by atoms with Crippen LogP contribution in [0, 0.1) is 11.3 Å². The van der Waals surface area contributed by atoms with Crippen LogP contribution >= 0.6 is 15.9 Å². The molecule has 0 spiro atoms. The zero-order valence-electron chi connectivity index (χ0n) is 4.80. The molecule has 3 heteroatoms. The summed E-state index contributed by atoms with van der Waals surface area (Å²) in [4.78, 5) is 11.0. The van der Waals surface area contributed by atoms with E-state index in [-0.39, 0.29) is 5.41 Å². The Bertz CT molecular complexity index is 180. The smallest absolute Gasteiger partial charge is 0.310 e. The van der Waals surface area contributed by atoms with Gasteiger partial charge in [0.1, 0.15) is 0 Å². The molecule has 50 valence electrons. The van der Waals surface area contributed by atoms with Crippen LogP contribution in [-0.4, -0.2) is 15.9 Å². The molecule has 2 aliphatic carbocycles. The van der Waals surface area contributed by atoms with E-state index in [2.05, 4.69) is 15.9 Å². The zero-order chi connectivity index (χ0) is 6.65. The zero-order valence-corrected chi connectivity index (χ0v) is 6.39. The Balaban J connectivity index is 2.12. The maximum absolute atomic E-state index is 10.5. The predicted molar refractivity (Wildman–Crippen MR) is 35.5 cm³/mol. The van der Waals surface area contributed by atoms with E-state index in [0.717, 1.165) is 12.8 Å². The highest BCUT2D eigenvalue weighted by Crippen LogP contribution is 2.69. The van der Waals surface area contributed by atoms with Crippen molar-refractivity contribution in [2.24, 2.45) is 11.3 Å². The number of carboxylic acid groups (broad SMARTS) is 1. The number of hydrogen-bond donors (Lipinski definition) is 1. The van der Waals surface area contributed by atoms with Crippen LogP contribution in [0.5, 0.6) is 0 Å². The number of fused-ring (bicyclic) bond motifs is 1. The average Bonchev–Trinajstić information content (AvgIpc) is 2.36. The van der Waals surface area contributed by atoms with Gasteiger partial charge in [0.2, 0.25) is 0 Å². The Morgan fingerprint density at radius 2 is 2.33 bits per heavy atom. The van der Waals surface area contributed by atoms with Gasteiger partial charge < -0.3 is 5.11 Å². The first kappa shape index (κ1) is 5.71. The van der Waals surface area contributed by atoms with E-state index in [9.17, 15) is 4.79 Å². The predicted octanol–water partition coefficient (Wildman–Crippen LogP) is 1.24. The minimum Gasteiger partial charge on any atom is -0.481 e. The van der Waals surface area contributed by atoms with Gasteiger partial charge in [0, 0.05) is 4.83 Å². The van der Waals surface area contributed by atoms with Crippen LogP contribution in [0.15, 0.2) is 0 Å². The van der Waals surface area contributed by atoms with E-state index < -0.39 is 5.97 Å². The molecule has 0 aliphatic heterocycles. The van der Waals surface area contributed by atoms with Crippen molar-refractivity contribution in [3.63, 3.8) is 0 Å². The highest BCUT2D eigenvalue weighted by atomic mass is 79.9. The molecule has 0 radical (unpaired) electrons. The van der Waals surface area contributed by atoms with Gasteiger partial charge in [0.15, 0.2) is 0 Å². The summed E-state index contributed by atoms with van der Waals surface area (Å²) in [5, 5.41) is 8.63. The Labute approximate surface area is 61.4 Å². The highest BCUT2D eigenvalue weighted by molar-refractivity contribution is 9.09. The van der Waals surface area contributed by atoms with Crippen LogP contribution in [0.4, 0.5) is 0 Å². The first-order valence-corrected chi connectivity index (χ1v) is 3.96. The topological polar surface area (TPSA) is 37.3 Å². The summed E-state index contributed by atoms with van der Waals surface area (Å²) in [6.45, 7) is 0. The number of rotatable bonds is 1. The van der Waals surface area contributed by atoms with Crippen molar-refractivity contribution in [1.29, 1.82) is 0 Å². The molecule has 0 aromatic carbocycles. The lowest BCUT2D eigenvalue weighted by atomic mass is 9.85. The van der Waals surface area contributed by atoms with Gasteiger partial charge in [-0.2, -0.15) is 0 Å². The molecule has 0 amide bonds. The third kappa shape index (κ3) is 0.491. The van der Waals surface area contributed by atoms with Gasteiger partial charge in [-0.25, -0.2) is 0 Å². The molecule has 0 aromatic rings. The molecule has 0 heterocycles. The molecule has 2 nitrogen and oxygen atoms in total. The van der Waals surface area contributed by atoms with Crippen LogP contribution in [0.3, 0.4) is 0 Å². The Kier molecular flexibility index (Phi) is 0.849. The summed E-state index contributed by atoms with van der Waals surface area (Å²) in [6, 6.07) is 0. The normalized spacial score (nSPS) is 53.4. The molecule has 1 N–H and O–H groups in total. The van der Waals surface area contributed by atoms with Crippen molar-refractivity contribution in [3.05, 3.63) is 0 Å². The second kappa shape index (κ2) is 1.34. The highest BCUT2D eigenvalue weighted by Gasteiger charge is 2.71. The third-order valence-corrected chi connectivity index (χ3v) is 3.52. The third-order valence-electron chi connectivity index (χ3n) is 2.56. The summed E-state index contributed by atoms with van der Waals surface area (Å²) in [5.74, 6) is -0.141. The van der Waals surface area contributed by atoms with Crippen LogP contribution < -0.4 is 0 Å². The van der Waals surface area contributed by atoms with Gasteiger partial charge in [-0.05, 0) is 18.8 Å². The summed E-state index contributed by atoms with van der Waals surface area (Å²) in [6.07, 6.45) is 1.74. The SMILES string of the molecule is O=C(O)[C@@]12C[C@@H]1[C@@H](Br)C2. The van der Waals surface area contributed by atoms with E-state index >= 15 is 0 Å². The van der Waals surface area contributed by atoms with Crippen molar-refractivity contribution in [2.75, 3.05) is 0 Å². The van der Waals surface area contributed by atoms with Crippen molar-refractivity contribution >= 4 is 21.9 Å². The molecule has 0 saturated heterocycles. The van der Waals surface area contributed by atoms with Gasteiger partial charge in [-0.1, -0.05) is 15.9 Å². The van der Waals surface area contributed by atoms with E-state index in [1.807, 2.05) is 0 Å². The number of alkyl halides is 1. The summed E-state index contributed by atoms with van der Waals surface area (Å²) in [7, 11) is 0. The maximum Gasteiger partial charge on any atom is 0.310 e. The van der Waals surface area contributed by atoms with Gasteiger partial charge in [-0.3, -0.25) is 4.79 Å². The fourth-order valence-corrected chi connectivity index (χ4v) is 2.98. The quantitative estimate of drug-likeness (QED) is 0.633. The fraction of sp³-hybridized carbons (Fsp3) is 0.833. The van der Waals surface area contributed by atoms with Crippen LogP contribution in [-0.2, 0) is 4.79 Å². The Hall–Kier alpha value is -0.0500. The first-order chi connectivity index (χ1) is 4.17. The van der Waals surface area contributed by atoms with Gasteiger partial charge in [-0.15, -0.1) is 0 Å². The molecule has 2 rings (SSSR count). The van der Waals surface area contributed by atoms with Gasteiger partial charge in [0.25, 0.3) is 0 Å². The monoisotopic (exact) mass is 190 g/mol. The molecule has 0 unspecified atom stereocenters. The van der Waals surface area contributed by atoms with Crippen LogP contribution in [0.2, 0.25) is 0 Å². The lowest BCUT2D eigenvalue weighted by molar-refractivity contribution is -0.146. The minimum absolute atomic E-state index is 0.270. The maximum atomic E-state index is 10.5. The molecule has 2 saturated carbocycles. The lowest BCUT2D eigenvalue weighted by Gasteiger charge is -2.26. The second-order valence-electron chi connectivity index (χ2n) is 2.99. The molecule has 2 fully saturated rings. The number of aliphatic carboxylic acids is 1. The van der Waals surface area contributed by atoms with E-state index in [0.29, 0.717) is 10.7 Å². The summed E-state index contributed by atoms with van der Waals surface area (Å²) < 4.78 is 0. The Morgan fingerprint density at radius 3 is 2.44 bits per heavy atom. The lowest BCUT2D eigenvalue weighted by Crippen LogP contribution is -2.33. The van der Waals surface area contributed by atoms with E-state index in [1.54, 1.807) is 0 Å². The van der Waals surface area contributed by atoms with Crippen LogP contribution in [0.25, 0.3) is 0 Å². The second-order valence-corrected chi connectivity index (χ2v) is 4.17. The van der Waals surface area contributed by atoms with E-state index in [1.165, 1.54) is 0 Å². The molecular weight excluding hydrogens is 184 g/mol. The van der Waals surface area contributed by atoms with Gasteiger partial charge >= 0.3 is 5.97 Å². The minimum atomic E-state index is -0.594. The Morgan fingerprint density at radius 1 is 1.67 bits per heavy atom. The molecular formula is C6H7BrO2. The fourth-order valence-electron chi connectivity index (χ4n) is 1.71. The summed E-state index contributed by atoms with van der Waals surface area (Å²) in [5.41, 5.74) is -0.270. The summed E-state index contributed by atoms with van der Waals surface area (Å²) >= 11 is 3.41. The molecule has 3 atom stereocenters. The standard InChI is InChI=1S/C6H7BrO2/c7-4-2-6(5(8)9)1-3(4)6/h3-4H,1-2H2,(H,8,9)/t3-,4+,6-/m1/s1. The van der Waals surface area contributed by atoms with E-state index in [4.69, 9.17) is 5.11 Å². The number of carboxylic acids is 1. The average molecular weight is 191 g/mol. The van der Waals surface area contributed by atoms with Crippen molar-refractivity contribution in [2.45, 2.75) is 17.7 Å². The largest absolute Gasteiger partial charge is 0.481 e. The molecule has 0 aromatic heterocycles. The number of carbonyl (C=O) groups is 1.